The Balaban J connectivity index is 1.49. The fourth-order valence-electron chi connectivity index (χ4n) is 2.67. The Hall–Kier alpha value is -1.99. The van der Waals surface area contributed by atoms with Crippen LogP contribution in [0.1, 0.15) is 39.9 Å². The van der Waals surface area contributed by atoms with Gasteiger partial charge in [-0.1, -0.05) is 30.0 Å². The lowest BCUT2D eigenvalue weighted by atomic mass is 10.1. The predicted molar refractivity (Wildman–Crippen MR) is 96.9 cm³/mol. The first-order valence-electron chi connectivity index (χ1n) is 8.08. The summed E-state index contributed by atoms with van der Waals surface area (Å²) in [6, 6.07) is 10.4. The van der Waals surface area contributed by atoms with E-state index >= 15 is 0 Å². The molecule has 0 saturated heterocycles. The maximum atomic E-state index is 13.3. The zero-order valence-electron chi connectivity index (χ0n) is 13.4. The number of Topliss-reactive ketones (excluding diaryl/α,β-unsaturated/α-hetero) is 1. The molecule has 1 fully saturated rings. The van der Waals surface area contributed by atoms with Crippen molar-refractivity contribution in [3.8, 4) is 0 Å². The molecule has 4 nitrogen and oxygen atoms in total. The summed E-state index contributed by atoms with van der Waals surface area (Å²) < 4.78 is 15.4. The van der Waals surface area contributed by atoms with E-state index in [-0.39, 0.29) is 11.5 Å². The normalized spacial score (nSPS) is 14.0. The third-order valence-corrected chi connectivity index (χ3v) is 5.86. The van der Waals surface area contributed by atoms with Crippen LogP contribution in [-0.2, 0) is 6.42 Å². The van der Waals surface area contributed by atoms with Crippen LogP contribution in [0.25, 0.3) is 0 Å². The first kappa shape index (κ1) is 16.5. The van der Waals surface area contributed by atoms with Crippen LogP contribution in [0.4, 0.5) is 4.39 Å². The molecule has 0 atom stereocenters. The molecule has 0 aliphatic heterocycles. The highest BCUT2D eigenvalue weighted by molar-refractivity contribution is 7.99. The molecular weight excluding hydrogens is 357 g/mol. The van der Waals surface area contributed by atoms with E-state index in [0.717, 1.165) is 30.2 Å². The maximum absolute atomic E-state index is 13.3. The predicted octanol–water partition coefficient (Wildman–Crippen LogP) is 4.38. The Morgan fingerprint density at radius 1 is 1.28 bits per heavy atom. The molecule has 1 aromatic carbocycles. The van der Waals surface area contributed by atoms with Crippen molar-refractivity contribution in [2.45, 2.75) is 30.5 Å². The van der Waals surface area contributed by atoms with Crippen LogP contribution in [0.2, 0.25) is 0 Å². The van der Waals surface area contributed by atoms with Crippen LogP contribution in [0.15, 0.2) is 46.9 Å². The first-order valence-corrected chi connectivity index (χ1v) is 9.95. The number of rotatable bonds is 7. The van der Waals surface area contributed by atoms with Crippen molar-refractivity contribution >= 4 is 28.9 Å². The van der Waals surface area contributed by atoms with Crippen molar-refractivity contribution in [2.24, 2.45) is 0 Å². The van der Waals surface area contributed by atoms with Crippen molar-refractivity contribution in [1.82, 2.24) is 14.8 Å². The van der Waals surface area contributed by atoms with Crippen molar-refractivity contribution < 1.29 is 9.18 Å². The second-order valence-corrected chi connectivity index (χ2v) is 7.95. The second kappa shape index (κ2) is 7.09. The van der Waals surface area contributed by atoms with Crippen LogP contribution >= 0.6 is 23.1 Å². The van der Waals surface area contributed by atoms with Crippen LogP contribution in [0.5, 0.6) is 0 Å². The van der Waals surface area contributed by atoms with Gasteiger partial charge in [-0.05, 0) is 36.4 Å². The zero-order chi connectivity index (χ0) is 17.2. The summed E-state index contributed by atoms with van der Waals surface area (Å²) in [6.45, 7) is 0. The molecule has 1 saturated carbocycles. The van der Waals surface area contributed by atoms with Crippen LogP contribution in [-0.4, -0.2) is 26.3 Å². The largest absolute Gasteiger partial charge is 0.303 e. The number of carbonyl (C=O) groups excluding carboxylic acids is 1. The minimum absolute atomic E-state index is 0.102. The number of hydrogen-bond acceptors (Lipinski definition) is 5. The summed E-state index contributed by atoms with van der Waals surface area (Å²) in [5, 5.41) is 11.5. The maximum Gasteiger partial charge on any atom is 0.191 e. The molecule has 0 spiro atoms. The van der Waals surface area contributed by atoms with E-state index in [0.29, 0.717) is 11.6 Å². The molecule has 1 aliphatic rings. The molecule has 0 N–H and O–H groups in total. The number of ketones is 1. The standard InChI is InChI=1S/C18H16FN3OS2/c19-13-4-1-3-12(9-13)16(23)11-25-18-21-20-17(22(18)14-6-7-14)10-15-5-2-8-24-15/h1-5,8-9,14H,6-7,10-11H2. The summed E-state index contributed by atoms with van der Waals surface area (Å²) >= 11 is 3.09. The Morgan fingerprint density at radius 2 is 2.16 bits per heavy atom. The van der Waals surface area contributed by atoms with Gasteiger partial charge in [-0.25, -0.2) is 4.39 Å². The molecule has 1 aliphatic carbocycles. The Labute approximate surface area is 153 Å². The highest BCUT2D eigenvalue weighted by atomic mass is 32.2. The van der Waals surface area contributed by atoms with Crippen LogP contribution < -0.4 is 0 Å². The third kappa shape index (κ3) is 3.82. The molecule has 0 radical (unpaired) electrons. The summed E-state index contributed by atoms with van der Waals surface area (Å²) in [5.41, 5.74) is 0.392. The van der Waals surface area contributed by atoms with E-state index in [1.165, 1.54) is 28.8 Å². The average Bonchev–Trinajstić information content (AvgIpc) is 3.16. The van der Waals surface area contributed by atoms with E-state index < -0.39 is 5.82 Å². The smallest absolute Gasteiger partial charge is 0.191 e. The van der Waals surface area contributed by atoms with E-state index in [2.05, 4.69) is 26.2 Å². The Morgan fingerprint density at radius 3 is 2.88 bits per heavy atom. The van der Waals surface area contributed by atoms with Gasteiger partial charge in [0.1, 0.15) is 11.6 Å². The fourth-order valence-corrected chi connectivity index (χ4v) is 4.29. The summed E-state index contributed by atoms with van der Waals surface area (Å²) in [4.78, 5) is 13.5. The Bertz CT molecular complexity index is 888. The summed E-state index contributed by atoms with van der Waals surface area (Å²) in [5.74, 6) is 0.684. The lowest BCUT2D eigenvalue weighted by Gasteiger charge is -2.08. The monoisotopic (exact) mass is 373 g/mol. The topological polar surface area (TPSA) is 47.8 Å². The summed E-state index contributed by atoms with van der Waals surface area (Å²) in [7, 11) is 0. The number of halogens is 1. The van der Waals surface area contributed by atoms with Crippen molar-refractivity contribution in [3.05, 3.63) is 63.9 Å². The number of thiophene rings is 1. The minimum Gasteiger partial charge on any atom is -0.303 e. The number of carbonyl (C=O) groups is 1. The van der Waals surface area contributed by atoms with Gasteiger partial charge >= 0.3 is 0 Å². The Kier molecular flexibility index (Phi) is 4.67. The van der Waals surface area contributed by atoms with Gasteiger partial charge in [0.2, 0.25) is 0 Å². The van der Waals surface area contributed by atoms with Gasteiger partial charge in [0, 0.05) is 22.9 Å². The van der Waals surface area contributed by atoms with E-state index in [9.17, 15) is 9.18 Å². The molecule has 0 bridgehead atoms. The number of nitrogens with zero attached hydrogens (tertiary/aromatic N) is 3. The van der Waals surface area contributed by atoms with E-state index in [1.807, 2.05) is 6.07 Å². The molecular formula is C18H16FN3OS2. The molecule has 2 aromatic heterocycles. The highest BCUT2D eigenvalue weighted by Crippen LogP contribution is 2.39. The van der Waals surface area contributed by atoms with Crippen molar-refractivity contribution in [1.29, 1.82) is 0 Å². The number of hydrogen-bond donors (Lipinski definition) is 0. The van der Waals surface area contributed by atoms with Gasteiger partial charge in [0.15, 0.2) is 10.9 Å². The molecule has 128 valence electrons. The SMILES string of the molecule is O=C(CSc1nnc(Cc2cccs2)n1C1CC1)c1cccc(F)c1. The second-order valence-electron chi connectivity index (χ2n) is 5.98. The van der Waals surface area contributed by atoms with Crippen molar-refractivity contribution in [3.63, 3.8) is 0 Å². The minimum atomic E-state index is -0.393. The van der Waals surface area contributed by atoms with Gasteiger partial charge < -0.3 is 4.57 Å². The van der Waals surface area contributed by atoms with Gasteiger partial charge in [0.25, 0.3) is 0 Å². The number of thioether (sulfide) groups is 1. The van der Waals surface area contributed by atoms with Gasteiger partial charge in [-0.3, -0.25) is 4.79 Å². The van der Waals surface area contributed by atoms with Crippen molar-refractivity contribution in [2.75, 3.05) is 5.75 Å². The van der Waals surface area contributed by atoms with Crippen LogP contribution in [0.3, 0.4) is 0 Å². The molecule has 2 heterocycles. The molecule has 4 rings (SSSR count). The number of aromatic nitrogens is 3. The van der Waals surface area contributed by atoms with Gasteiger partial charge in [0.05, 0.1) is 5.75 Å². The first-order chi connectivity index (χ1) is 12.2. The molecule has 3 aromatic rings. The number of benzene rings is 1. The third-order valence-electron chi connectivity index (χ3n) is 4.04. The molecule has 25 heavy (non-hydrogen) atoms. The highest BCUT2D eigenvalue weighted by Gasteiger charge is 2.30. The zero-order valence-corrected chi connectivity index (χ0v) is 15.0. The lowest BCUT2D eigenvalue weighted by Crippen LogP contribution is -2.06. The van der Waals surface area contributed by atoms with Crippen LogP contribution in [0, 0.1) is 5.82 Å². The van der Waals surface area contributed by atoms with E-state index in [4.69, 9.17) is 0 Å². The molecule has 7 heteroatoms. The molecule has 0 amide bonds. The molecule has 0 unspecified atom stereocenters. The van der Waals surface area contributed by atoms with E-state index in [1.54, 1.807) is 23.5 Å². The lowest BCUT2D eigenvalue weighted by molar-refractivity contribution is 0.102. The summed E-state index contributed by atoms with van der Waals surface area (Å²) in [6.07, 6.45) is 3.02. The fraction of sp³-hybridized carbons (Fsp3) is 0.278. The quantitative estimate of drug-likeness (QED) is 0.455. The van der Waals surface area contributed by atoms with Gasteiger partial charge in [-0.2, -0.15) is 0 Å². The average molecular weight is 373 g/mol. The van der Waals surface area contributed by atoms with Gasteiger partial charge in [-0.15, -0.1) is 21.5 Å².